The van der Waals surface area contributed by atoms with Crippen molar-refractivity contribution in [2.45, 2.75) is 20.3 Å². The summed E-state index contributed by atoms with van der Waals surface area (Å²) in [6.45, 7) is 6.58. The summed E-state index contributed by atoms with van der Waals surface area (Å²) in [5, 5.41) is 7.42. The van der Waals surface area contributed by atoms with E-state index < -0.39 is 5.97 Å². The molecule has 0 radical (unpaired) electrons. The predicted octanol–water partition coefficient (Wildman–Crippen LogP) is 2.16. The first-order valence-electron chi connectivity index (χ1n) is 2.40. The molecule has 0 aromatic heterocycles. The Bertz CT molecular complexity index is 46.2. The monoisotopic (exact) mass is 246 g/mol. The molecule has 0 aromatic carbocycles. The summed E-state index contributed by atoms with van der Waals surface area (Å²) < 4.78 is 0. The summed E-state index contributed by atoms with van der Waals surface area (Å²) in [7, 11) is 0. The van der Waals surface area contributed by atoms with Crippen LogP contribution in [0.15, 0.2) is 0 Å². The second-order valence-electron chi connectivity index (χ2n) is 1.02. The van der Waals surface area contributed by atoms with E-state index in [4.69, 9.17) is 9.90 Å². The second kappa shape index (κ2) is 23.5. The molecule has 4 heteroatoms. The van der Waals surface area contributed by atoms with E-state index in [0.29, 0.717) is 0 Å². The van der Waals surface area contributed by atoms with Gasteiger partial charge in [-0.1, -0.05) is 6.92 Å². The summed E-state index contributed by atoms with van der Waals surface area (Å²) in [5.41, 5.74) is 0. The van der Waals surface area contributed by atoms with Gasteiger partial charge in [-0.2, -0.15) is 6.42 Å². The molecule has 0 atom stereocenters. The zero-order valence-corrected chi connectivity index (χ0v) is 10.4. The molecule has 2 nitrogen and oxygen atoms in total. The number of carboxylic acid groups (broad SMARTS) is 1. The van der Waals surface area contributed by atoms with Gasteiger partial charge in [-0.3, -0.25) is 4.79 Å². The molecule has 0 bridgehead atoms. The average Bonchev–Trinajstić information content (AvgIpc) is 1.71. The van der Waals surface area contributed by atoms with Crippen LogP contribution >= 0.6 is 13.6 Å². The Hall–Kier alpha value is 0.573. The number of carboxylic acids is 1. The quantitative estimate of drug-likeness (QED) is 0.527. The number of carbonyl (C=O) groups is 1. The number of hydrogen-bond donors (Lipinski definition) is 1. The van der Waals surface area contributed by atoms with Crippen LogP contribution in [0, 0.1) is 6.92 Å². The third-order valence-electron chi connectivity index (χ3n) is 0. The number of rotatable bonds is 0. The van der Waals surface area contributed by atoms with Crippen LogP contribution in [0.25, 0.3) is 0 Å². The minimum absolute atomic E-state index is 0.833. The Morgan fingerprint density at radius 3 is 1.78 bits per heavy atom. The fourth-order valence-corrected chi connectivity index (χ4v) is 0. The molecule has 1 N–H and O–H groups in total. The van der Waals surface area contributed by atoms with Crippen molar-refractivity contribution in [2.24, 2.45) is 0 Å². The molecular weight excluding hydrogens is 237 g/mol. The molecule has 52 valence electrons. The van der Waals surface area contributed by atoms with Gasteiger partial charge in [0.15, 0.2) is 0 Å². The van der Waals surface area contributed by atoms with Crippen molar-refractivity contribution in [2.75, 3.05) is 0 Å². The van der Waals surface area contributed by atoms with Crippen molar-refractivity contribution in [3.8, 4) is 0 Å². The van der Waals surface area contributed by atoms with Crippen LogP contribution in [0.1, 0.15) is 20.3 Å². The molecular formula is C5H11BrO2Zn. The molecule has 0 saturated carbocycles. The van der Waals surface area contributed by atoms with Crippen LogP contribution in [0.5, 0.6) is 0 Å². The van der Waals surface area contributed by atoms with E-state index in [1.165, 1.54) is 16.3 Å². The number of halogens is 1. The normalized spacial score (nSPS) is 5.56. The second-order valence-corrected chi connectivity index (χ2v) is 1.02. The van der Waals surface area contributed by atoms with Gasteiger partial charge in [0.05, 0.1) is 0 Å². The molecule has 0 rings (SSSR count). The van der Waals surface area contributed by atoms with Gasteiger partial charge in [0.2, 0.25) is 0 Å². The average molecular weight is 248 g/mol. The molecule has 0 aliphatic heterocycles. The summed E-state index contributed by atoms with van der Waals surface area (Å²) >= 11 is 4.25. The van der Waals surface area contributed by atoms with Crippen molar-refractivity contribution in [1.29, 1.82) is 0 Å². The molecule has 0 unspecified atom stereocenters. The summed E-state index contributed by atoms with van der Waals surface area (Å²) in [5.74, 6) is -0.833. The van der Waals surface area contributed by atoms with Crippen molar-refractivity contribution < 1.29 is 26.2 Å². The number of hydrogen-bond acceptors (Lipinski definition) is 1. The summed E-state index contributed by atoms with van der Waals surface area (Å²) in [6, 6.07) is 0. The van der Waals surface area contributed by atoms with Gasteiger partial charge >= 0.3 is 30.0 Å². The van der Waals surface area contributed by atoms with Crippen molar-refractivity contribution in [1.82, 2.24) is 0 Å². The fourth-order valence-electron chi connectivity index (χ4n) is 0. The van der Waals surface area contributed by atoms with Gasteiger partial charge in [-0.15, -0.1) is 0 Å². The van der Waals surface area contributed by atoms with Gasteiger partial charge in [0, 0.05) is 6.92 Å². The first-order chi connectivity index (χ1) is 4.15. The van der Waals surface area contributed by atoms with E-state index in [1.54, 1.807) is 0 Å². The maximum atomic E-state index is 9.00. The van der Waals surface area contributed by atoms with Gasteiger partial charge < -0.3 is 12.0 Å². The standard InChI is InChI=1S/C3H7.C2H4O2.BrH.Zn/c1-3-2;1-2(3)4;;/h1,3H2,2H3;1H3,(H,3,4);1H;/q-1;;;+2/p-1. The van der Waals surface area contributed by atoms with Crippen LogP contribution in [-0.4, -0.2) is 11.1 Å². The molecule has 0 spiro atoms. The van der Waals surface area contributed by atoms with E-state index in [1.807, 2.05) is 6.92 Å². The van der Waals surface area contributed by atoms with Gasteiger partial charge in [0.25, 0.3) is 5.97 Å². The van der Waals surface area contributed by atoms with Crippen molar-refractivity contribution in [3.05, 3.63) is 6.92 Å². The molecule has 0 saturated heterocycles. The molecule has 0 heterocycles. The molecule has 0 aromatic rings. The van der Waals surface area contributed by atoms with Gasteiger partial charge in [-0.25, -0.2) is 0 Å². The Labute approximate surface area is 73.1 Å². The fraction of sp³-hybridized carbons (Fsp3) is 0.600. The van der Waals surface area contributed by atoms with E-state index in [0.717, 1.165) is 13.3 Å². The van der Waals surface area contributed by atoms with Crippen LogP contribution in [0.4, 0.5) is 0 Å². The SMILES string of the molecule is CC(=O)O.[CH2-]CC.[Zn+][Br]. The van der Waals surface area contributed by atoms with E-state index in [-0.39, 0.29) is 0 Å². The van der Waals surface area contributed by atoms with Crippen molar-refractivity contribution in [3.63, 3.8) is 0 Å². The topological polar surface area (TPSA) is 37.3 Å². The Morgan fingerprint density at radius 2 is 1.78 bits per heavy atom. The van der Waals surface area contributed by atoms with Crippen LogP contribution in [-0.2, 0) is 21.1 Å². The zero-order valence-electron chi connectivity index (χ0n) is 5.85. The van der Waals surface area contributed by atoms with E-state index >= 15 is 0 Å². The Balaban J connectivity index is -0.0000000646. The molecule has 0 amide bonds. The van der Waals surface area contributed by atoms with E-state index in [9.17, 15) is 0 Å². The third kappa shape index (κ3) is 1130. The first kappa shape index (κ1) is 16.3. The zero-order chi connectivity index (χ0) is 8.28. The van der Waals surface area contributed by atoms with Crippen molar-refractivity contribution >= 4 is 19.6 Å². The summed E-state index contributed by atoms with van der Waals surface area (Å²) in [6.07, 6.45) is 1.00. The summed E-state index contributed by atoms with van der Waals surface area (Å²) in [4.78, 5) is 9.00. The van der Waals surface area contributed by atoms with Gasteiger partial charge in [0.1, 0.15) is 0 Å². The number of aliphatic carboxylic acids is 1. The Kier molecular flexibility index (Phi) is 42.5. The minimum atomic E-state index is -0.833. The Morgan fingerprint density at radius 1 is 1.78 bits per heavy atom. The van der Waals surface area contributed by atoms with Crippen LogP contribution in [0.3, 0.4) is 0 Å². The molecule has 0 aliphatic carbocycles. The maximum absolute atomic E-state index is 9.00. The third-order valence-corrected chi connectivity index (χ3v) is 0. The first-order valence-corrected chi connectivity index (χ1v) is 9.35. The molecule has 9 heavy (non-hydrogen) atoms. The van der Waals surface area contributed by atoms with Gasteiger partial charge in [-0.05, 0) is 0 Å². The van der Waals surface area contributed by atoms with E-state index in [2.05, 4.69) is 20.5 Å². The van der Waals surface area contributed by atoms with Crippen LogP contribution in [0.2, 0.25) is 0 Å². The molecule has 0 fully saturated rings. The van der Waals surface area contributed by atoms with Crippen LogP contribution < -0.4 is 0 Å². The molecule has 0 aliphatic rings. The predicted molar refractivity (Wildman–Crippen MR) is 37.9 cm³/mol.